The zero-order valence-corrected chi connectivity index (χ0v) is 18.2. The fraction of sp³-hybridized carbons (Fsp3) is 0.636. The van der Waals surface area contributed by atoms with Crippen LogP contribution in [0.3, 0.4) is 0 Å². The molecule has 4 atom stereocenters. The average molecular weight is 441 g/mol. The molecule has 0 spiro atoms. The van der Waals surface area contributed by atoms with Crippen LogP contribution < -0.4 is 0 Å². The molecule has 1 saturated heterocycles. The van der Waals surface area contributed by atoms with Gasteiger partial charge in [-0.2, -0.15) is 0 Å². The Kier molecular flexibility index (Phi) is 7.71. The zero-order chi connectivity index (χ0) is 21.8. The van der Waals surface area contributed by atoms with Crippen LogP contribution in [0.5, 0.6) is 0 Å². The molecule has 0 radical (unpaired) electrons. The number of carbonyl (C=O) groups excluding carboxylic acids is 1. The van der Waals surface area contributed by atoms with E-state index in [0.717, 1.165) is 38.5 Å². The molecule has 2 aliphatic carbocycles. The van der Waals surface area contributed by atoms with Crippen LogP contribution in [-0.4, -0.2) is 73.2 Å². The molecule has 4 rings (SSSR count). The highest BCUT2D eigenvalue weighted by Crippen LogP contribution is 2.40. The van der Waals surface area contributed by atoms with Gasteiger partial charge in [-0.05, 0) is 75.7 Å². The fourth-order valence-electron chi connectivity index (χ4n) is 4.66. The summed E-state index contributed by atoms with van der Waals surface area (Å²) in [6.07, 6.45) is 4.89. The van der Waals surface area contributed by atoms with Crippen molar-refractivity contribution in [3.05, 3.63) is 34.6 Å². The van der Waals surface area contributed by atoms with Crippen LogP contribution in [0.25, 0.3) is 0 Å². The van der Waals surface area contributed by atoms with Gasteiger partial charge in [-0.3, -0.25) is 9.59 Å². The van der Waals surface area contributed by atoms with E-state index in [9.17, 15) is 9.18 Å². The van der Waals surface area contributed by atoms with Crippen LogP contribution >= 0.6 is 11.6 Å². The molecule has 2 saturated carbocycles. The van der Waals surface area contributed by atoms with E-state index >= 15 is 0 Å². The molecule has 3 fully saturated rings. The average Bonchev–Trinajstić information content (AvgIpc) is 3.43. The first-order chi connectivity index (χ1) is 14.3. The number of hydrogen-bond donors (Lipinski definition) is 1. The Morgan fingerprint density at radius 3 is 2.50 bits per heavy atom. The van der Waals surface area contributed by atoms with Crippen LogP contribution in [0.4, 0.5) is 4.39 Å². The molecular weight excluding hydrogens is 411 g/mol. The van der Waals surface area contributed by atoms with Gasteiger partial charge in [-0.25, -0.2) is 4.39 Å². The van der Waals surface area contributed by atoms with E-state index in [1.807, 2.05) is 4.90 Å². The second kappa shape index (κ2) is 10.1. The maximum absolute atomic E-state index is 13.3. The Morgan fingerprint density at radius 1 is 1.30 bits per heavy atom. The number of benzene rings is 1. The van der Waals surface area contributed by atoms with Gasteiger partial charge in [0.25, 0.3) is 12.4 Å². The second-order valence-corrected chi connectivity index (χ2v) is 9.18. The molecule has 1 amide bonds. The third-order valence-corrected chi connectivity index (χ3v) is 6.75. The van der Waals surface area contributed by atoms with Crippen molar-refractivity contribution in [2.24, 2.45) is 17.8 Å². The number of rotatable bonds is 5. The predicted octanol–water partition coefficient (Wildman–Crippen LogP) is 3.39. The summed E-state index contributed by atoms with van der Waals surface area (Å²) in [5.41, 5.74) is 0.391. The number of ether oxygens (including phenoxy) is 1. The van der Waals surface area contributed by atoms with Crippen LogP contribution in [0.15, 0.2) is 18.2 Å². The van der Waals surface area contributed by atoms with Gasteiger partial charge >= 0.3 is 0 Å². The number of halogens is 2. The smallest absolute Gasteiger partial charge is 0.290 e. The Morgan fingerprint density at radius 2 is 1.93 bits per heavy atom. The third kappa shape index (κ3) is 5.50. The molecule has 6 nitrogen and oxygen atoms in total. The van der Waals surface area contributed by atoms with Crippen molar-refractivity contribution in [1.82, 2.24) is 9.80 Å². The summed E-state index contributed by atoms with van der Waals surface area (Å²) < 4.78 is 19.6. The molecule has 0 aromatic heterocycles. The van der Waals surface area contributed by atoms with Gasteiger partial charge in [0.1, 0.15) is 5.82 Å². The van der Waals surface area contributed by atoms with Crippen molar-refractivity contribution < 1.29 is 23.8 Å². The standard InChI is InChI=1S/C21H28ClFN2O2.CH2O2/c1-24(2)19-7-14-10-25(21(26)17-6-5-16(23)9-18(17)22)11-15(14)8-20(19)27-12-13-3-4-13;2-1-3/h5-6,9,13-15,19-20H,3-4,7-8,10-12H2,1-2H3;1H,(H,2,3)/t14-,15+,19-,20-;/m1./s1. The molecule has 1 aromatic rings. The Balaban J connectivity index is 0.000000806. The summed E-state index contributed by atoms with van der Waals surface area (Å²) in [5, 5.41) is 7.08. The lowest BCUT2D eigenvalue weighted by Crippen LogP contribution is -2.48. The third-order valence-electron chi connectivity index (χ3n) is 6.44. The first-order valence-electron chi connectivity index (χ1n) is 10.4. The fourth-order valence-corrected chi connectivity index (χ4v) is 4.90. The number of fused-ring (bicyclic) bond motifs is 1. The number of carboxylic acid groups (broad SMARTS) is 1. The van der Waals surface area contributed by atoms with Gasteiger partial charge in [0.2, 0.25) is 0 Å². The lowest BCUT2D eigenvalue weighted by Gasteiger charge is -2.41. The molecule has 3 aliphatic rings. The van der Waals surface area contributed by atoms with E-state index in [1.54, 1.807) is 0 Å². The van der Waals surface area contributed by atoms with Crippen LogP contribution in [0.1, 0.15) is 36.0 Å². The maximum Gasteiger partial charge on any atom is 0.290 e. The Labute approximate surface area is 181 Å². The van der Waals surface area contributed by atoms with Crippen molar-refractivity contribution in [2.75, 3.05) is 33.8 Å². The summed E-state index contributed by atoms with van der Waals surface area (Å²) in [6.45, 7) is 2.11. The minimum Gasteiger partial charge on any atom is -0.483 e. The number of hydrogen-bond acceptors (Lipinski definition) is 4. The minimum atomic E-state index is -0.420. The number of carbonyl (C=O) groups is 2. The first kappa shape index (κ1) is 23.0. The summed E-state index contributed by atoms with van der Waals surface area (Å²) >= 11 is 6.11. The normalized spacial score (nSPS) is 28.0. The SMILES string of the molecule is CN(C)[C@@H]1C[C@@H]2CN(C(=O)c3ccc(F)cc3Cl)C[C@@H]2C[C@H]1OCC1CC1.O=CO. The van der Waals surface area contributed by atoms with E-state index in [0.29, 0.717) is 23.4 Å². The van der Waals surface area contributed by atoms with Crippen LogP contribution in [-0.2, 0) is 9.53 Å². The van der Waals surface area contributed by atoms with Crippen LogP contribution in [0.2, 0.25) is 5.02 Å². The molecule has 0 bridgehead atoms. The predicted molar refractivity (Wildman–Crippen MR) is 112 cm³/mol. The quantitative estimate of drug-likeness (QED) is 0.711. The lowest BCUT2D eigenvalue weighted by molar-refractivity contribution is -0.122. The summed E-state index contributed by atoms with van der Waals surface area (Å²) in [6, 6.07) is 4.40. The molecule has 1 heterocycles. The molecule has 0 unspecified atom stereocenters. The van der Waals surface area contributed by atoms with Crippen molar-refractivity contribution in [1.29, 1.82) is 0 Å². The highest BCUT2D eigenvalue weighted by molar-refractivity contribution is 6.33. The number of nitrogens with zero attached hydrogens (tertiary/aromatic N) is 2. The number of likely N-dealkylation sites (tertiary alicyclic amines) is 1. The summed E-state index contributed by atoms with van der Waals surface area (Å²) in [5.74, 6) is 1.20. The highest BCUT2D eigenvalue weighted by atomic mass is 35.5. The van der Waals surface area contributed by atoms with E-state index in [2.05, 4.69) is 19.0 Å². The zero-order valence-electron chi connectivity index (χ0n) is 17.5. The van der Waals surface area contributed by atoms with Gasteiger partial charge < -0.3 is 19.6 Å². The lowest BCUT2D eigenvalue weighted by atomic mass is 9.77. The van der Waals surface area contributed by atoms with Crippen molar-refractivity contribution >= 4 is 24.0 Å². The summed E-state index contributed by atoms with van der Waals surface area (Å²) in [4.78, 5) is 25.4. The van der Waals surface area contributed by atoms with Crippen molar-refractivity contribution in [3.63, 3.8) is 0 Å². The van der Waals surface area contributed by atoms with Gasteiger partial charge in [0, 0.05) is 25.7 Å². The topological polar surface area (TPSA) is 70.1 Å². The molecule has 1 N–H and O–H groups in total. The molecule has 1 aliphatic heterocycles. The van der Waals surface area contributed by atoms with Gasteiger partial charge in [0.05, 0.1) is 16.7 Å². The van der Waals surface area contributed by atoms with E-state index < -0.39 is 5.82 Å². The Hall–Kier alpha value is -1.70. The molecule has 8 heteroatoms. The molecule has 30 heavy (non-hydrogen) atoms. The second-order valence-electron chi connectivity index (χ2n) is 8.78. The number of amides is 1. The maximum atomic E-state index is 13.3. The monoisotopic (exact) mass is 440 g/mol. The minimum absolute atomic E-state index is 0.0914. The van der Waals surface area contributed by atoms with E-state index in [4.69, 9.17) is 26.2 Å². The molecule has 166 valence electrons. The number of likely N-dealkylation sites (N-methyl/N-ethyl adjacent to an activating group) is 1. The van der Waals surface area contributed by atoms with Gasteiger partial charge in [0.15, 0.2) is 0 Å². The van der Waals surface area contributed by atoms with Gasteiger partial charge in [-0.15, -0.1) is 0 Å². The molecular formula is C22H30ClFN2O4. The van der Waals surface area contributed by atoms with E-state index in [-0.39, 0.29) is 23.5 Å². The van der Waals surface area contributed by atoms with Crippen molar-refractivity contribution in [2.45, 2.75) is 37.8 Å². The van der Waals surface area contributed by atoms with Crippen molar-refractivity contribution in [3.8, 4) is 0 Å². The summed E-state index contributed by atoms with van der Waals surface area (Å²) in [7, 11) is 4.24. The largest absolute Gasteiger partial charge is 0.483 e. The molecule has 1 aromatic carbocycles. The van der Waals surface area contributed by atoms with E-state index in [1.165, 1.54) is 31.0 Å². The highest BCUT2D eigenvalue weighted by Gasteiger charge is 2.45. The first-order valence-corrected chi connectivity index (χ1v) is 10.8. The van der Waals surface area contributed by atoms with Crippen LogP contribution in [0, 0.1) is 23.6 Å². The van der Waals surface area contributed by atoms with Gasteiger partial charge in [-0.1, -0.05) is 11.6 Å². The Bertz CT molecular complexity index is 759.